The zero-order valence-corrected chi connectivity index (χ0v) is 20.1. The normalized spacial score (nSPS) is 11.6. The van der Waals surface area contributed by atoms with Crippen LogP contribution in [0.3, 0.4) is 0 Å². The van der Waals surface area contributed by atoms with Crippen molar-refractivity contribution in [2.45, 2.75) is 33.2 Å². The van der Waals surface area contributed by atoms with E-state index in [-0.39, 0.29) is 11.4 Å². The lowest BCUT2D eigenvalue weighted by atomic mass is 10.1. The SMILES string of the molecule is CCc1ccc(-n2c3nc4ccccc4nc3c3c(=O)n(Cc4ccc(F)cc4)c(CC)nc32)cc1. The van der Waals surface area contributed by atoms with Gasteiger partial charge < -0.3 is 0 Å². The summed E-state index contributed by atoms with van der Waals surface area (Å²) in [5, 5.41) is 0.433. The number of fused-ring (bicyclic) bond motifs is 4. The van der Waals surface area contributed by atoms with E-state index in [9.17, 15) is 9.18 Å². The van der Waals surface area contributed by atoms with Gasteiger partial charge in [0.1, 0.15) is 22.5 Å². The van der Waals surface area contributed by atoms with Crippen LogP contribution >= 0.6 is 0 Å². The van der Waals surface area contributed by atoms with Crippen LogP contribution in [0.1, 0.15) is 30.8 Å². The molecule has 178 valence electrons. The second-order valence-electron chi connectivity index (χ2n) is 8.84. The topological polar surface area (TPSA) is 65.6 Å². The molecule has 0 aliphatic carbocycles. The molecular formula is C29H24FN5O. The highest BCUT2D eigenvalue weighted by molar-refractivity contribution is 6.05. The van der Waals surface area contributed by atoms with Gasteiger partial charge in [0, 0.05) is 12.1 Å². The summed E-state index contributed by atoms with van der Waals surface area (Å²) in [5.74, 6) is 0.338. The lowest BCUT2D eigenvalue weighted by Gasteiger charge is -2.13. The van der Waals surface area contributed by atoms with Gasteiger partial charge in [0.15, 0.2) is 11.3 Å². The van der Waals surface area contributed by atoms with E-state index < -0.39 is 0 Å². The van der Waals surface area contributed by atoms with Gasteiger partial charge in [-0.15, -0.1) is 0 Å². The fourth-order valence-corrected chi connectivity index (χ4v) is 4.70. The third kappa shape index (κ3) is 3.55. The van der Waals surface area contributed by atoms with Gasteiger partial charge in [0.05, 0.1) is 17.6 Å². The first kappa shape index (κ1) is 22.1. The van der Waals surface area contributed by atoms with Gasteiger partial charge in [-0.1, -0.05) is 50.2 Å². The molecule has 0 saturated heterocycles. The molecule has 0 unspecified atom stereocenters. The maximum atomic E-state index is 14.0. The highest BCUT2D eigenvalue weighted by Crippen LogP contribution is 2.29. The summed E-state index contributed by atoms with van der Waals surface area (Å²) in [6, 6.07) is 22.1. The Bertz CT molecular complexity index is 1800. The lowest BCUT2D eigenvalue weighted by molar-refractivity contribution is 0.625. The van der Waals surface area contributed by atoms with Crippen molar-refractivity contribution < 1.29 is 4.39 Å². The summed E-state index contributed by atoms with van der Waals surface area (Å²) in [6.45, 7) is 4.39. The Morgan fingerprint density at radius 2 is 1.42 bits per heavy atom. The van der Waals surface area contributed by atoms with Crippen LogP contribution in [-0.2, 0) is 19.4 Å². The van der Waals surface area contributed by atoms with Crippen LogP contribution in [0.4, 0.5) is 4.39 Å². The number of nitrogens with zero attached hydrogens (tertiary/aromatic N) is 5. The van der Waals surface area contributed by atoms with Crippen LogP contribution in [0.5, 0.6) is 0 Å². The summed E-state index contributed by atoms with van der Waals surface area (Å²) in [6.07, 6.45) is 1.50. The summed E-state index contributed by atoms with van der Waals surface area (Å²) in [7, 11) is 0. The number of para-hydroxylation sites is 2. The molecule has 3 aromatic heterocycles. The molecule has 6 aromatic rings. The van der Waals surface area contributed by atoms with Gasteiger partial charge in [0.2, 0.25) is 0 Å². The van der Waals surface area contributed by atoms with E-state index in [1.165, 1.54) is 17.7 Å². The molecule has 0 saturated carbocycles. The molecule has 0 spiro atoms. The Morgan fingerprint density at radius 1 is 0.750 bits per heavy atom. The van der Waals surface area contributed by atoms with Gasteiger partial charge in [-0.25, -0.2) is 19.3 Å². The molecule has 0 N–H and O–H groups in total. The number of benzene rings is 3. The molecule has 0 atom stereocenters. The molecular weight excluding hydrogens is 453 g/mol. The fourth-order valence-electron chi connectivity index (χ4n) is 4.70. The molecule has 0 bridgehead atoms. The van der Waals surface area contributed by atoms with Crippen LogP contribution in [-0.4, -0.2) is 24.1 Å². The number of rotatable bonds is 5. The number of aryl methyl sites for hydroxylation is 2. The summed E-state index contributed by atoms with van der Waals surface area (Å²) >= 11 is 0. The van der Waals surface area contributed by atoms with Gasteiger partial charge in [-0.05, 0) is 53.9 Å². The average molecular weight is 478 g/mol. The second kappa shape index (κ2) is 8.68. The average Bonchev–Trinajstić information content (AvgIpc) is 3.23. The molecule has 3 aromatic carbocycles. The first-order valence-corrected chi connectivity index (χ1v) is 12.1. The van der Waals surface area contributed by atoms with Gasteiger partial charge in [-0.2, -0.15) is 0 Å². The number of hydrogen-bond donors (Lipinski definition) is 0. The molecule has 0 aliphatic heterocycles. The summed E-state index contributed by atoms with van der Waals surface area (Å²) in [4.78, 5) is 28.8. The summed E-state index contributed by atoms with van der Waals surface area (Å²) in [5.41, 5.74) is 5.87. The van der Waals surface area contributed by atoms with Crippen LogP contribution in [0, 0.1) is 5.82 Å². The first-order chi connectivity index (χ1) is 17.6. The molecule has 0 amide bonds. The zero-order chi connectivity index (χ0) is 24.8. The minimum atomic E-state index is -0.310. The van der Waals surface area contributed by atoms with Gasteiger partial charge in [-0.3, -0.25) is 13.9 Å². The van der Waals surface area contributed by atoms with Crippen molar-refractivity contribution in [2.24, 2.45) is 0 Å². The van der Waals surface area contributed by atoms with Crippen molar-refractivity contribution in [2.75, 3.05) is 0 Å². The quantitative estimate of drug-likeness (QED) is 0.324. The predicted octanol–water partition coefficient (Wildman–Crippen LogP) is 5.60. The first-order valence-electron chi connectivity index (χ1n) is 12.1. The third-order valence-corrected chi connectivity index (χ3v) is 6.61. The van der Waals surface area contributed by atoms with E-state index in [1.807, 2.05) is 47.9 Å². The van der Waals surface area contributed by atoms with Crippen molar-refractivity contribution in [1.82, 2.24) is 24.1 Å². The van der Waals surface area contributed by atoms with Gasteiger partial charge in [0.25, 0.3) is 5.56 Å². The summed E-state index contributed by atoms with van der Waals surface area (Å²) < 4.78 is 17.1. The molecule has 6 rings (SSSR count). The molecule has 0 radical (unpaired) electrons. The van der Waals surface area contributed by atoms with E-state index in [4.69, 9.17) is 15.0 Å². The maximum absolute atomic E-state index is 14.0. The molecule has 7 heteroatoms. The van der Waals surface area contributed by atoms with Crippen molar-refractivity contribution in [3.05, 3.63) is 106 Å². The standard InChI is InChI=1S/C29H24FN5O/c1-3-18-11-15-21(16-12-18)35-27-25(26-28(35)32-23-8-6-5-7-22(23)31-26)29(36)34(24(4-2)33-27)17-19-9-13-20(30)14-10-19/h5-16H,3-4,17H2,1-2H3. The van der Waals surface area contributed by atoms with Crippen LogP contribution in [0.2, 0.25) is 0 Å². The van der Waals surface area contributed by atoms with E-state index in [2.05, 4.69) is 19.1 Å². The highest BCUT2D eigenvalue weighted by atomic mass is 19.1. The number of halogens is 1. The minimum absolute atomic E-state index is 0.181. The fraction of sp³-hybridized carbons (Fsp3) is 0.172. The van der Waals surface area contributed by atoms with E-state index in [0.717, 1.165) is 28.7 Å². The number of hydrogen-bond acceptors (Lipinski definition) is 4. The van der Waals surface area contributed by atoms with Crippen LogP contribution in [0.25, 0.3) is 38.9 Å². The Hall–Kier alpha value is -4.39. The molecule has 6 nitrogen and oxygen atoms in total. The van der Waals surface area contributed by atoms with Crippen molar-refractivity contribution in [1.29, 1.82) is 0 Å². The van der Waals surface area contributed by atoms with Gasteiger partial charge >= 0.3 is 0 Å². The Balaban J connectivity index is 1.70. The highest BCUT2D eigenvalue weighted by Gasteiger charge is 2.23. The van der Waals surface area contributed by atoms with E-state index in [1.54, 1.807) is 16.7 Å². The smallest absolute Gasteiger partial charge is 0.265 e. The van der Waals surface area contributed by atoms with E-state index >= 15 is 0 Å². The Labute approximate surface area is 206 Å². The molecule has 36 heavy (non-hydrogen) atoms. The monoisotopic (exact) mass is 477 g/mol. The third-order valence-electron chi connectivity index (χ3n) is 6.61. The second-order valence-corrected chi connectivity index (χ2v) is 8.84. The molecule has 0 fully saturated rings. The molecule has 3 heterocycles. The Morgan fingerprint density at radius 3 is 2.08 bits per heavy atom. The van der Waals surface area contributed by atoms with Crippen LogP contribution in [0.15, 0.2) is 77.6 Å². The van der Waals surface area contributed by atoms with Crippen molar-refractivity contribution >= 4 is 33.2 Å². The van der Waals surface area contributed by atoms with Crippen molar-refractivity contribution in [3.63, 3.8) is 0 Å². The number of aromatic nitrogens is 5. The zero-order valence-electron chi connectivity index (χ0n) is 20.1. The Kier molecular flexibility index (Phi) is 5.33. The van der Waals surface area contributed by atoms with Crippen LogP contribution < -0.4 is 5.56 Å². The lowest BCUT2D eigenvalue weighted by Crippen LogP contribution is -2.26. The maximum Gasteiger partial charge on any atom is 0.265 e. The predicted molar refractivity (Wildman–Crippen MR) is 140 cm³/mol. The van der Waals surface area contributed by atoms with Crippen molar-refractivity contribution in [3.8, 4) is 5.69 Å². The largest absolute Gasteiger partial charge is 0.291 e. The minimum Gasteiger partial charge on any atom is -0.291 e. The molecule has 0 aliphatic rings. The van der Waals surface area contributed by atoms with E-state index in [0.29, 0.717) is 41.0 Å².